The summed E-state index contributed by atoms with van der Waals surface area (Å²) in [7, 11) is 0. The zero-order chi connectivity index (χ0) is 20.6. The number of carbonyl (C=O) groups is 2. The molecule has 1 saturated carbocycles. The van der Waals surface area contributed by atoms with Crippen LogP contribution in [0.15, 0.2) is 41.8 Å². The molecule has 0 radical (unpaired) electrons. The molecule has 29 heavy (non-hydrogen) atoms. The number of hydrogen-bond acceptors (Lipinski definition) is 3. The Balaban J connectivity index is 1.77. The van der Waals surface area contributed by atoms with Gasteiger partial charge in [0.25, 0.3) is 0 Å². The van der Waals surface area contributed by atoms with Gasteiger partial charge in [-0.1, -0.05) is 49.6 Å². The molecule has 2 aromatic rings. The summed E-state index contributed by atoms with van der Waals surface area (Å²) >= 11 is 7.55. The van der Waals surface area contributed by atoms with Crippen molar-refractivity contribution in [2.75, 3.05) is 12.4 Å². The molecule has 3 rings (SSSR count). The van der Waals surface area contributed by atoms with Crippen LogP contribution in [0.4, 0.5) is 0 Å². The normalized spacial score (nSPS) is 14.6. The molecular formula is C23H29ClN2O2S. The molecule has 0 N–H and O–H groups in total. The molecule has 1 aromatic carbocycles. The van der Waals surface area contributed by atoms with Gasteiger partial charge in [-0.2, -0.15) is 0 Å². The van der Waals surface area contributed by atoms with E-state index in [9.17, 15) is 9.59 Å². The lowest BCUT2D eigenvalue weighted by Gasteiger charge is -2.35. The molecule has 0 spiro atoms. The van der Waals surface area contributed by atoms with Crippen LogP contribution < -0.4 is 0 Å². The number of halogens is 1. The highest BCUT2D eigenvalue weighted by Gasteiger charge is 2.28. The summed E-state index contributed by atoms with van der Waals surface area (Å²) < 4.78 is 0. The van der Waals surface area contributed by atoms with Crippen molar-refractivity contribution < 1.29 is 9.59 Å². The number of alkyl halides is 1. The van der Waals surface area contributed by atoms with Crippen molar-refractivity contribution in [2.45, 2.75) is 58.2 Å². The van der Waals surface area contributed by atoms with E-state index in [2.05, 4.69) is 18.4 Å². The van der Waals surface area contributed by atoms with Crippen LogP contribution in [0.25, 0.3) is 0 Å². The fourth-order valence-corrected chi connectivity index (χ4v) is 4.99. The Morgan fingerprint density at radius 2 is 1.76 bits per heavy atom. The third-order valence-corrected chi connectivity index (χ3v) is 6.86. The van der Waals surface area contributed by atoms with E-state index in [1.807, 2.05) is 35.2 Å². The summed E-state index contributed by atoms with van der Waals surface area (Å²) in [4.78, 5) is 30.7. The predicted molar refractivity (Wildman–Crippen MR) is 119 cm³/mol. The van der Waals surface area contributed by atoms with E-state index in [4.69, 9.17) is 11.6 Å². The lowest BCUT2D eigenvalue weighted by Crippen LogP contribution is -2.48. The maximum Gasteiger partial charge on any atom is 0.242 e. The van der Waals surface area contributed by atoms with Crippen molar-refractivity contribution in [3.63, 3.8) is 0 Å². The molecule has 0 bridgehead atoms. The Kier molecular flexibility index (Phi) is 8.13. The van der Waals surface area contributed by atoms with E-state index in [1.165, 1.54) is 16.9 Å². The van der Waals surface area contributed by atoms with Crippen LogP contribution in [0.3, 0.4) is 0 Å². The van der Waals surface area contributed by atoms with E-state index >= 15 is 0 Å². The van der Waals surface area contributed by atoms with Gasteiger partial charge in [-0.3, -0.25) is 9.59 Å². The molecule has 156 valence electrons. The second-order valence-corrected chi connectivity index (χ2v) is 8.98. The molecule has 1 aromatic heterocycles. The first-order valence-corrected chi connectivity index (χ1v) is 11.7. The Hall–Kier alpha value is -1.85. The number of carbonyl (C=O) groups excluding carboxylic acids is 2. The molecule has 6 heteroatoms. The van der Waals surface area contributed by atoms with Crippen LogP contribution in [0.2, 0.25) is 0 Å². The van der Waals surface area contributed by atoms with Gasteiger partial charge in [0.05, 0.1) is 6.54 Å². The summed E-state index contributed by atoms with van der Waals surface area (Å²) in [6.07, 6.45) is 5.32. The van der Waals surface area contributed by atoms with Gasteiger partial charge in [0.1, 0.15) is 12.4 Å². The van der Waals surface area contributed by atoms with E-state index in [0.717, 1.165) is 31.2 Å². The van der Waals surface area contributed by atoms with Gasteiger partial charge in [0, 0.05) is 17.5 Å². The zero-order valence-corrected chi connectivity index (χ0v) is 18.6. The molecule has 1 fully saturated rings. The van der Waals surface area contributed by atoms with Gasteiger partial charge in [0.2, 0.25) is 11.8 Å². The maximum atomic E-state index is 13.4. The number of rotatable bonds is 8. The molecule has 0 aliphatic heterocycles. The fraction of sp³-hybridized carbons (Fsp3) is 0.478. The highest BCUT2D eigenvalue weighted by atomic mass is 35.5. The van der Waals surface area contributed by atoms with E-state index in [-0.39, 0.29) is 30.3 Å². The quantitative estimate of drug-likeness (QED) is 0.551. The second kappa shape index (κ2) is 10.8. The van der Waals surface area contributed by atoms with Gasteiger partial charge in [-0.05, 0) is 42.3 Å². The van der Waals surface area contributed by atoms with Crippen LogP contribution in [0.5, 0.6) is 0 Å². The number of aryl methyl sites for hydroxylation is 1. The molecular weight excluding hydrogens is 404 g/mol. The first-order chi connectivity index (χ1) is 14.1. The lowest BCUT2D eigenvalue weighted by molar-refractivity contribution is -0.142. The molecule has 1 aliphatic carbocycles. The lowest BCUT2D eigenvalue weighted by atomic mass is 9.94. The standard InChI is InChI=1S/C23H29ClN2O2S/c1-18-12-13-29-21(18)16-25(15-19-8-4-2-5-9-19)23(28)17-26(22(27)14-24)20-10-6-3-7-11-20/h2,4-5,8-9,12-13,20H,3,6-7,10-11,14-17H2,1H3. The number of hydrogen-bond donors (Lipinski definition) is 0. The zero-order valence-electron chi connectivity index (χ0n) is 17.0. The molecule has 1 aliphatic rings. The Bertz CT molecular complexity index is 802. The van der Waals surface area contributed by atoms with Gasteiger partial charge >= 0.3 is 0 Å². The topological polar surface area (TPSA) is 40.6 Å². The first kappa shape index (κ1) is 21.8. The maximum absolute atomic E-state index is 13.4. The number of nitrogens with zero attached hydrogens (tertiary/aromatic N) is 2. The number of amides is 2. The average molecular weight is 433 g/mol. The summed E-state index contributed by atoms with van der Waals surface area (Å²) in [6, 6.07) is 12.2. The number of thiophene rings is 1. The first-order valence-electron chi connectivity index (χ1n) is 10.3. The Morgan fingerprint density at radius 1 is 1.03 bits per heavy atom. The van der Waals surface area contributed by atoms with Gasteiger partial charge in [-0.25, -0.2) is 0 Å². The van der Waals surface area contributed by atoms with Crippen molar-refractivity contribution in [3.8, 4) is 0 Å². The van der Waals surface area contributed by atoms with Gasteiger partial charge in [-0.15, -0.1) is 22.9 Å². The second-order valence-electron chi connectivity index (χ2n) is 7.71. The van der Waals surface area contributed by atoms with E-state index < -0.39 is 0 Å². The predicted octanol–water partition coefficient (Wildman–Crippen LogP) is 4.99. The smallest absolute Gasteiger partial charge is 0.242 e. The number of benzene rings is 1. The van der Waals surface area contributed by atoms with Crippen molar-refractivity contribution in [2.24, 2.45) is 0 Å². The summed E-state index contributed by atoms with van der Waals surface area (Å²) in [5, 5.41) is 2.06. The SMILES string of the molecule is Cc1ccsc1CN(Cc1ccccc1)C(=O)CN(C(=O)CCl)C1CCCCC1. The minimum atomic E-state index is -0.140. The van der Waals surface area contributed by atoms with Crippen LogP contribution in [0.1, 0.15) is 48.1 Å². The molecule has 4 nitrogen and oxygen atoms in total. The van der Waals surface area contributed by atoms with Crippen LogP contribution >= 0.6 is 22.9 Å². The van der Waals surface area contributed by atoms with E-state index in [1.54, 1.807) is 16.2 Å². The van der Waals surface area contributed by atoms with Gasteiger partial charge in [0.15, 0.2) is 0 Å². The molecule has 1 heterocycles. The third kappa shape index (κ3) is 6.06. The van der Waals surface area contributed by atoms with Crippen molar-refractivity contribution in [1.29, 1.82) is 0 Å². The minimum Gasteiger partial charge on any atom is -0.332 e. The average Bonchev–Trinajstić information content (AvgIpc) is 3.16. The van der Waals surface area contributed by atoms with Gasteiger partial charge < -0.3 is 9.80 Å². The fourth-order valence-electron chi connectivity index (χ4n) is 3.91. The van der Waals surface area contributed by atoms with Crippen molar-refractivity contribution >= 4 is 34.8 Å². The Morgan fingerprint density at radius 3 is 2.38 bits per heavy atom. The van der Waals surface area contributed by atoms with Crippen LogP contribution in [-0.2, 0) is 22.7 Å². The largest absolute Gasteiger partial charge is 0.332 e. The van der Waals surface area contributed by atoms with E-state index in [0.29, 0.717) is 13.1 Å². The highest BCUT2D eigenvalue weighted by molar-refractivity contribution is 7.10. The highest BCUT2D eigenvalue weighted by Crippen LogP contribution is 2.24. The molecule has 2 amide bonds. The summed E-state index contributed by atoms with van der Waals surface area (Å²) in [6.45, 7) is 3.27. The molecule has 0 atom stereocenters. The molecule has 0 saturated heterocycles. The van der Waals surface area contributed by atoms with Crippen LogP contribution in [-0.4, -0.2) is 40.1 Å². The van der Waals surface area contributed by atoms with Crippen molar-refractivity contribution in [1.82, 2.24) is 9.80 Å². The third-order valence-electron chi connectivity index (χ3n) is 5.63. The molecule has 0 unspecified atom stereocenters. The minimum absolute atomic E-state index is 0.0225. The summed E-state index contributed by atoms with van der Waals surface area (Å²) in [5.41, 5.74) is 2.28. The monoisotopic (exact) mass is 432 g/mol. The van der Waals surface area contributed by atoms with Crippen molar-refractivity contribution in [3.05, 3.63) is 57.8 Å². The summed E-state index contributed by atoms with van der Waals surface area (Å²) in [5.74, 6) is -0.239. The van der Waals surface area contributed by atoms with Crippen LogP contribution in [0, 0.1) is 6.92 Å². The Labute approximate surface area is 182 Å².